The van der Waals surface area contributed by atoms with Gasteiger partial charge >= 0.3 is 0 Å². The fourth-order valence-electron chi connectivity index (χ4n) is 4.73. The van der Waals surface area contributed by atoms with Gasteiger partial charge in [-0.3, -0.25) is 29.2 Å². The summed E-state index contributed by atoms with van der Waals surface area (Å²) in [6.07, 6.45) is 1.16. The SMILES string of the molecule is CC[C@H](C)[C@H](NC(=O)Cc1ccccc1)C(=O)NCC(=O)N1c2ccccc2C[C@H]1C(=O)NCc1nn[nH]c1C. The summed E-state index contributed by atoms with van der Waals surface area (Å²) < 4.78 is 0. The van der Waals surface area contributed by atoms with Gasteiger partial charge in [-0.1, -0.05) is 74.0 Å². The number of hydrogen-bond donors (Lipinski definition) is 4. The molecule has 0 spiro atoms. The second kappa shape index (κ2) is 13.0. The van der Waals surface area contributed by atoms with Crippen molar-refractivity contribution in [3.63, 3.8) is 0 Å². The predicted octanol–water partition coefficient (Wildman–Crippen LogP) is 1.58. The maximum absolute atomic E-state index is 13.5. The van der Waals surface area contributed by atoms with Crippen molar-refractivity contribution in [2.24, 2.45) is 5.92 Å². The molecule has 1 aliphatic rings. The van der Waals surface area contributed by atoms with Crippen LogP contribution in [0.25, 0.3) is 0 Å². The van der Waals surface area contributed by atoms with Crippen LogP contribution in [0.15, 0.2) is 54.6 Å². The highest BCUT2D eigenvalue weighted by Crippen LogP contribution is 2.32. The van der Waals surface area contributed by atoms with Gasteiger partial charge in [-0.2, -0.15) is 0 Å². The molecule has 2 heterocycles. The molecule has 1 aliphatic heterocycles. The summed E-state index contributed by atoms with van der Waals surface area (Å²) in [6.45, 7) is 5.47. The first-order valence-electron chi connectivity index (χ1n) is 13.4. The Labute approximate surface area is 233 Å². The van der Waals surface area contributed by atoms with E-state index in [4.69, 9.17) is 0 Å². The third-order valence-electron chi connectivity index (χ3n) is 7.23. The standard InChI is InChI=1S/C29H35N7O4/c1-4-18(2)27(32-25(37)14-20-10-6-5-7-11-20)29(40)31-17-26(38)36-23-13-9-8-12-21(23)15-24(36)28(39)30-16-22-19(3)33-35-34-22/h5-13,18,24,27H,4,14-17H2,1-3H3,(H,30,39)(H,31,40)(H,32,37)(H,33,34,35)/t18-,24-,27-/m0/s1. The largest absolute Gasteiger partial charge is 0.348 e. The highest BCUT2D eigenvalue weighted by Gasteiger charge is 2.38. The molecule has 0 saturated carbocycles. The summed E-state index contributed by atoms with van der Waals surface area (Å²) in [5.41, 5.74) is 3.70. The van der Waals surface area contributed by atoms with E-state index in [1.165, 1.54) is 4.90 Å². The number of rotatable bonds is 11. The quantitative estimate of drug-likeness (QED) is 0.287. The molecule has 4 amide bonds. The van der Waals surface area contributed by atoms with E-state index in [1.54, 1.807) is 12.1 Å². The number of para-hydroxylation sites is 1. The van der Waals surface area contributed by atoms with Crippen LogP contribution in [0, 0.1) is 12.8 Å². The van der Waals surface area contributed by atoms with Crippen molar-refractivity contribution >= 4 is 29.3 Å². The maximum Gasteiger partial charge on any atom is 0.247 e. The van der Waals surface area contributed by atoms with E-state index >= 15 is 0 Å². The molecule has 11 heteroatoms. The summed E-state index contributed by atoms with van der Waals surface area (Å²) >= 11 is 0. The predicted molar refractivity (Wildman–Crippen MR) is 149 cm³/mol. The van der Waals surface area contributed by atoms with Gasteiger partial charge < -0.3 is 16.0 Å². The second-order valence-corrected chi connectivity index (χ2v) is 10.0. The van der Waals surface area contributed by atoms with Crippen molar-refractivity contribution in [1.82, 2.24) is 31.4 Å². The van der Waals surface area contributed by atoms with E-state index in [2.05, 4.69) is 31.4 Å². The van der Waals surface area contributed by atoms with E-state index < -0.39 is 23.9 Å². The van der Waals surface area contributed by atoms with Crippen LogP contribution >= 0.6 is 0 Å². The molecule has 0 fully saturated rings. The highest BCUT2D eigenvalue weighted by atomic mass is 16.2. The van der Waals surface area contributed by atoms with Crippen LogP contribution in [0.3, 0.4) is 0 Å². The van der Waals surface area contributed by atoms with E-state index in [0.717, 1.165) is 16.8 Å². The fraction of sp³-hybridized carbons (Fsp3) is 0.379. The van der Waals surface area contributed by atoms with Gasteiger partial charge in [0.05, 0.1) is 25.2 Å². The number of carbonyl (C=O) groups is 4. The Morgan fingerprint density at radius 1 is 1.05 bits per heavy atom. The topological polar surface area (TPSA) is 149 Å². The molecule has 0 unspecified atom stereocenters. The molecule has 0 aliphatic carbocycles. The second-order valence-electron chi connectivity index (χ2n) is 10.0. The molecule has 4 rings (SSSR count). The molecule has 4 N–H and O–H groups in total. The minimum absolute atomic E-state index is 0.148. The minimum atomic E-state index is -0.801. The number of hydrogen-bond acceptors (Lipinski definition) is 6. The Morgan fingerprint density at radius 2 is 1.77 bits per heavy atom. The summed E-state index contributed by atoms with van der Waals surface area (Å²) in [7, 11) is 0. The molecule has 3 atom stereocenters. The van der Waals surface area contributed by atoms with E-state index in [-0.39, 0.29) is 37.2 Å². The lowest BCUT2D eigenvalue weighted by Gasteiger charge is -2.27. The molecule has 0 radical (unpaired) electrons. The third kappa shape index (κ3) is 6.71. The summed E-state index contributed by atoms with van der Waals surface area (Å²) in [4.78, 5) is 54.0. The van der Waals surface area contributed by atoms with Crippen molar-refractivity contribution < 1.29 is 19.2 Å². The molecule has 0 bridgehead atoms. The van der Waals surface area contributed by atoms with Gasteiger partial charge in [0.15, 0.2) is 0 Å². The zero-order valence-corrected chi connectivity index (χ0v) is 22.9. The van der Waals surface area contributed by atoms with Crippen LogP contribution in [-0.4, -0.2) is 57.7 Å². The molecule has 1 aromatic heterocycles. The monoisotopic (exact) mass is 545 g/mol. The van der Waals surface area contributed by atoms with Gasteiger partial charge in [0, 0.05) is 12.1 Å². The lowest BCUT2D eigenvalue weighted by Crippen LogP contribution is -2.54. The van der Waals surface area contributed by atoms with Gasteiger partial charge in [0.2, 0.25) is 23.6 Å². The third-order valence-corrected chi connectivity index (χ3v) is 7.23. The normalized spacial score (nSPS) is 15.6. The summed E-state index contributed by atoms with van der Waals surface area (Å²) in [6, 6.07) is 15.0. The molecule has 210 valence electrons. The van der Waals surface area contributed by atoms with Crippen molar-refractivity contribution in [2.75, 3.05) is 11.4 Å². The first kappa shape index (κ1) is 28.5. The first-order chi connectivity index (χ1) is 19.3. The zero-order valence-electron chi connectivity index (χ0n) is 22.9. The highest BCUT2D eigenvalue weighted by molar-refractivity contribution is 6.05. The number of benzene rings is 2. The molecular weight excluding hydrogens is 510 g/mol. The molecule has 3 aromatic rings. The first-order valence-corrected chi connectivity index (χ1v) is 13.4. The average molecular weight is 546 g/mol. The van der Waals surface area contributed by atoms with Crippen molar-refractivity contribution in [1.29, 1.82) is 0 Å². The molecule has 0 saturated heterocycles. The van der Waals surface area contributed by atoms with Crippen LogP contribution < -0.4 is 20.9 Å². The van der Waals surface area contributed by atoms with Crippen LogP contribution in [0.2, 0.25) is 0 Å². The number of nitrogens with zero attached hydrogens (tertiary/aromatic N) is 3. The number of H-pyrrole nitrogens is 1. The number of fused-ring (bicyclic) bond motifs is 1. The lowest BCUT2D eigenvalue weighted by molar-refractivity contribution is -0.131. The summed E-state index contributed by atoms with van der Waals surface area (Å²) in [5.74, 6) is -1.62. The molecule has 40 heavy (non-hydrogen) atoms. The number of aromatic nitrogens is 3. The zero-order chi connectivity index (χ0) is 28.6. The number of nitrogens with one attached hydrogen (secondary N) is 4. The van der Waals surface area contributed by atoms with Crippen LogP contribution in [0.5, 0.6) is 0 Å². The number of anilines is 1. The van der Waals surface area contributed by atoms with Crippen molar-refractivity contribution in [2.45, 2.75) is 58.7 Å². The van der Waals surface area contributed by atoms with Crippen molar-refractivity contribution in [3.05, 3.63) is 77.1 Å². The van der Waals surface area contributed by atoms with Gasteiger partial charge in [0.1, 0.15) is 17.8 Å². The minimum Gasteiger partial charge on any atom is -0.348 e. The Morgan fingerprint density at radius 3 is 2.48 bits per heavy atom. The summed E-state index contributed by atoms with van der Waals surface area (Å²) in [5, 5.41) is 18.8. The molecule has 11 nitrogen and oxygen atoms in total. The van der Waals surface area contributed by atoms with Crippen LogP contribution in [-0.2, 0) is 38.6 Å². The van der Waals surface area contributed by atoms with E-state index in [0.29, 0.717) is 24.2 Å². The van der Waals surface area contributed by atoms with Gasteiger partial charge in [-0.25, -0.2) is 0 Å². The molecular formula is C29H35N7O4. The van der Waals surface area contributed by atoms with Gasteiger partial charge in [0.25, 0.3) is 0 Å². The Kier molecular flexibility index (Phi) is 9.26. The number of carbonyl (C=O) groups excluding carboxylic acids is 4. The maximum atomic E-state index is 13.5. The Hall–Kier alpha value is -4.54. The van der Waals surface area contributed by atoms with E-state index in [9.17, 15) is 19.2 Å². The van der Waals surface area contributed by atoms with Crippen molar-refractivity contribution in [3.8, 4) is 0 Å². The van der Waals surface area contributed by atoms with Gasteiger partial charge in [-0.05, 0) is 30.0 Å². The lowest BCUT2D eigenvalue weighted by atomic mass is 9.98. The van der Waals surface area contributed by atoms with E-state index in [1.807, 2.05) is 63.2 Å². The van der Waals surface area contributed by atoms with Gasteiger partial charge in [-0.15, -0.1) is 5.10 Å². The fourth-order valence-corrected chi connectivity index (χ4v) is 4.73. The van der Waals surface area contributed by atoms with Crippen LogP contribution in [0.4, 0.5) is 5.69 Å². The molecule has 2 aromatic carbocycles. The Bertz CT molecular complexity index is 1360. The number of amides is 4. The Balaban J connectivity index is 1.41. The number of aromatic amines is 1. The number of aryl methyl sites for hydroxylation is 1. The average Bonchev–Trinajstić information content (AvgIpc) is 3.56. The van der Waals surface area contributed by atoms with Crippen LogP contribution in [0.1, 0.15) is 42.8 Å². The smallest absolute Gasteiger partial charge is 0.247 e.